The van der Waals surface area contributed by atoms with Gasteiger partial charge in [-0.1, -0.05) is 55.8 Å². The molecule has 2 aromatic carbocycles. The average Bonchev–Trinajstić information content (AvgIpc) is 3.27. The summed E-state index contributed by atoms with van der Waals surface area (Å²) in [6.07, 6.45) is 3.61. The number of ether oxygens (including phenoxy) is 1. The minimum absolute atomic E-state index is 0.0681. The van der Waals surface area contributed by atoms with Gasteiger partial charge in [0, 0.05) is 57.0 Å². The molecule has 4 rings (SSSR count). The zero-order valence-electron chi connectivity index (χ0n) is 21.7. The number of amides is 1. The van der Waals surface area contributed by atoms with E-state index in [4.69, 9.17) is 4.74 Å². The highest BCUT2D eigenvalue weighted by Crippen LogP contribution is 2.36. The molecule has 1 aromatic heterocycles. The fourth-order valence-electron chi connectivity index (χ4n) is 5.14. The number of aryl methyl sites for hydroxylation is 1. The molecule has 2 unspecified atom stereocenters. The van der Waals surface area contributed by atoms with Crippen LogP contribution in [0.2, 0.25) is 0 Å². The molecule has 2 heterocycles. The SMILES string of the molecule is COc1cc(CN2CC(CN(Cc3cccnc3)C(=O)C(C)C)C(c3ccc(C)cc3)C2)ccc1O. The molecule has 0 bridgehead atoms. The monoisotopic (exact) mass is 487 g/mol. The molecule has 6 nitrogen and oxygen atoms in total. The van der Waals surface area contributed by atoms with E-state index in [1.165, 1.54) is 11.1 Å². The van der Waals surface area contributed by atoms with E-state index in [2.05, 4.69) is 41.1 Å². The fraction of sp³-hybridized carbons (Fsp3) is 0.400. The van der Waals surface area contributed by atoms with Gasteiger partial charge in [-0.3, -0.25) is 14.7 Å². The minimum atomic E-state index is -0.0681. The van der Waals surface area contributed by atoms with E-state index < -0.39 is 0 Å². The topological polar surface area (TPSA) is 65.9 Å². The molecule has 0 saturated carbocycles. The molecule has 36 heavy (non-hydrogen) atoms. The summed E-state index contributed by atoms with van der Waals surface area (Å²) in [7, 11) is 1.57. The Labute approximate surface area is 214 Å². The molecule has 0 radical (unpaired) electrons. The number of carbonyl (C=O) groups is 1. The molecular formula is C30H37N3O3. The molecule has 1 amide bonds. The van der Waals surface area contributed by atoms with E-state index in [9.17, 15) is 9.90 Å². The summed E-state index contributed by atoms with van der Waals surface area (Å²) in [6.45, 7) is 9.86. The highest BCUT2D eigenvalue weighted by atomic mass is 16.5. The first-order chi connectivity index (χ1) is 17.3. The lowest BCUT2D eigenvalue weighted by molar-refractivity contribution is -0.135. The number of hydrogen-bond acceptors (Lipinski definition) is 5. The van der Waals surface area contributed by atoms with Gasteiger partial charge in [-0.25, -0.2) is 0 Å². The normalized spacial score (nSPS) is 17.9. The predicted octanol–water partition coefficient (Wildman–Crippen LogP) is 5.00. The van der Waals surface area contributed by atoms with Crippen LogP contribution >= 0.6 is 0 Å². The van der Waals surface area contributed by atoms with Crippen molar-refractivity contribution in [3.8, 4) is 11.5 Å². The zero-order valence-corrected chi connectivity index (χ0v) is 21.7. The van der Waals surface area contributed by atoms with Gasteiger partial charge in [0.05, 0.1) is 7.11 Å². The molecule has 1 aliphatic rings. The number of likely N-dealkylation sites (tertiary alicyclic amines) is 1. The van der Waals surface area contributed by atoms with Gasteiger partial charge in [0.25, 0.3) is 0 Å². The molecule has 3 aromatic rings. The van der Waals surface area contributed by atoms with Crippen LogP contribution in [-0.2, 0) is 17.9 Å². The van der Waals surface area contributed by atoms with Crippen molar-refractivity contribution in [2.24, 2.45) is 11.8 Å². The highest BCUT2D eigenvalue weighted by molar-refractivity contribution is 5.78. The van der Waals surface area contributed by atoms with Gasteiger partial charge in [-0.2, -0.15) is 0 Å². The number of phenols is 1. The fourth-order valence-corrected chi connectivity index (χ4v) is 5.14. The molecule has 1 aliphatic heterocycles. The van der Waals surface area contributed by atoms with Crippen molar-refractivity contribution in [3.05, 3.63) is 89.2 Å². The first-order valence-electron chi connectivity index (χ1n) is 12.7. The maximum atomic E-state index is 13.3. The Bertz CT molecular complexity index is 1150. The maximum Gasteiger partial charge on any atom is 0.225 e. The predicted molar refractivity (Wildman–Crippen MR) is 142 cm³/mol. The lowest BCUT2D eigenvalue weighted by atomic mass is 9.88. The van der Waals surface area contributed by atoms with Crippen molar-refractivity contribution >= 4 is 5.91 Å². The molecule has 190 valence electrons. The molecule has 0 aliphatic carbocycles. The number of methoxy groups -OCH3 is 1. The van der Waals surface area contributed by atoms with Crippen LogP contribution in [0.4, 0.5) is 0 Å². The van der Waals surface area contributed by atoms with Crippen LogP contribution < -0.4 is 4.74 Å². The lowest BCUT2D eigenvalue weighted by Crippen LogP contribution is -2.39. The second-order valence-electron chi connectivity index (χ2n) is 10.2. The number of hydrogen-bond donors (Lipinski definition) is 1. The first-order valence-corrected chi connectivity index (χ1v) is 12.7. The van der Waals surface area contributed by atoms with Crippen molar-refractivity contribution in [1.82, 2.24) is 14.8 Å². The van der Waals surface area contributed by atoms with E-state index in [1.54, 1.807) is 19.4 Å². The third-order valence-corrected chi connectivity index (χ3v) is 7.03. The average molecular weight is 488 g/mol. The number of phenolic OH excluding ortho intramolecular Hbond substituents is 1. The summed E-state index contributed by atoms with van der Waals surface area (Å²) in [5, 5.41) is 9.99. The lowest BCUT2D eigenvalue weighted by Gasteiger charge is -2.30. The number of benzene rings is 2. The number of aromatic hydroxyl groups is 1. The van der Waals surface area contributed by atoms with E-state index >= 15 is 0 Å². The molecule has 1 saturated heterocycles. The quantitative estimate of drug-likeness (QED) is 0.460. The third-order valence-electron chi connectivity index (χ3n) is 7.03. The third kappa shape index (κ3) is 6.24. The van der Waals surface area contributed by atoms with Crippen molar-refractivity contribution in [2.45, 2.75) is 39.8 Å². The number of pyridine rings is 1. The Kier molecular flexibility index (Phi) is 8.26. The summed E-state index contributed by atoms with van der Waals surface area (Å²) < 4.78 is 5.31. The van der Waals surface area contributed by atoms with Gasteiger partial charge < -0.3 is 14.7 Å². The van der Waals surface area contributed by atoms with Gasteiger partial charge in [0.2, 0.25) is 5.91 Å². The maximum absolute atomic E-state index is 13.3. The van der Waals surface area contributed by atoms with E-state index in [0.29, 0.717) is 30.7 Å². The van der Waals surface area contributed by atoms with E-state index in [0.717, 1.165) is 30.8 Å². The van der Waals surface area contributed by atoms with Gasteiger partial charge in [-0.05, 0) is 47.7 Å². The summed E-state index contributed by atoms with van der Waals surface area (Å²) in [5.41, 5.74) is 4.70. The van der Waals surface area contributed by atoms with Crippen LogP contribution in [0.1, 0.15) is 42.0 Å². The van der Waals surface area contributed by atoms with Gasteiger partial charge >= 0.3 is 0 Å². The molecule has 1 N–H and O–H groups in total. The van der Waals surface area contributed by atoms with Gasteiger partial charge in [-0.15, -0.1) is 0 Å². The van der Waals surface area contributed by atoms with Crippen LogP contribution in [0.15, 0.2) is 67.0 Å². The Hall–Kier alpha value is -3.38. The number of aromatic nitrogens is 1. The molecule has 2 atom stereocenters. The van der Waals surface area contributed by atoms with Crippen LogP contribution in [-0.4, -0.2) is 52.5 Å². The summed E-state index contributed by atoms with van der Waals surface area (Å²) in [4.78, 5) is 22.0. The highest BCUT2D eigenvalue weighted by Gasteiger charge is 2.36. The number of rotatable bonds is 9. The van der Waals surface area contributed by atoms with E-state index in [-0.39, 0.29) is 17.6 Å². The first kappa shape index (κ1) is 25.7. The smallest absolute Gasteiger partial charge is 0.225 e. The second-order valence-corrected chi connectivity index (χ2v) is 10.2. The molecular weight excluding hydrogens is 450 g/mol. The Morgan fingerprint density at radius 2 is 1.92 bits per heavy atom. The Balaban J connectivity index is 1.58. The molecule has 0 spiro atoms. The van der Waals surface area contributed by atoms with Crippen LogP contribution in [0, 0.1) is 18.8 Å². The largest absolute Gasteiger partial charge is 0.504 e. The van der Waals surface area contributed by atoms with Crippen LogP contribution in [0.25, 0.3) is 0 Å². The summed E-state index contributed by atoms with van der Waals surface area (Å²) in [6, 6.07) is 18.3. The molecule has 1 fully saturated rings. The van der Waals surface area contributed by atoms with Gasteiger partial charge in [0.15, 0.2) is 11.5 Å². The standard InChI is InChI=1S/C30H37N3O3/c1-21(2)30(35)33(17-24-6-5-13-31-15-24)19-26-18-32(16-23-9-12-28(34)29(14-23)36-4)20-27(26)25-10-7-22(3)8-11-25/h5-15,21,26-27,34H,16-20H2,1-4H3. The molecule has 6 heteroatoms. The second kappa shape index (κ2) is 11.6. The van der Waals surface area contributed by atoms with Crippen LogP contribution in [0.3, 0.4) is 0 Å². The minimum Gasteiger partial charge on any atom is -0.504 e. The Morgan fingerprint density at radius 1 is 1.14 bits per heavy atom. The number of nitrogens with zero attached hydrogens (tertiary/aromatic N) is 3. The van der Waals surface area contributed by atoms with Gasteiger partial charge in [0.1, 0.15) is 0 Å². The van der Waals surface area contributed by atoms with Crippen molar-refractivity contribution in [3.63, 3.8) is 0 Å². The summed E-state index contributed by atoms with van der Waals surface area (Å²) in [5.74, 6) is 1.36. The van der Waals surface area contributed by atoms with E-state index in [1.807, 2.05) is 49.2 Å². The van der Waals surface area contributed by atoms with Crippen molar-refractivity contribution in [1.29, 1.82) is 0 Å². The Morgan fingerprint density at radius 3 is 2.58 bits per heavy atom. The zero-order chi connectivity index (χ0) is 25.7. The van der Waals surface area contributed by atoms with Crippen LogP contribution in [0.5, 0.6) is 11.5 Å². The van der Waals surface area contributed by atoms with Crippen molar-refractivity contribution < 1.29 is 14.6 Å². The number of carbonyl (C=O) groups excluding carboxylic acids is 1. The summed E-state index contributed by atoms with van der Waals surface area (Å²) >= 11 is 0. The van der Waals surface area contributed by atoms with Crippen molar-refractivity contribution in [2.75, 3.05) is 26.7 Å².